The molecule has 21 heavy (non-hydrogen) atoms. The van der Waals surface area contributed by atoms with Gasteiger partial charge in [-0.3, -0.25) is 9.69 Å². The van der Waals surface area contributed by atoms with E-state index in [0.29, 0.717) is 18.3 Å². The first-order valence-electron chi connectivity index (χ1n) is 7.73. The van der Waals surface area contributed by atoms with Gasteiger partial charge in [0, 0.05) is 25.7 Å². The van der Waals surface area contributed by atoms with Crippen LogP contribution in [0.4, 0.5) is 0 Å². The summed E-state index contributed by atoms with van der Waals surface area (Å²) in [7, 11) is 0. The van der Waals surface area contributed by atoms with Crippen molar-refractivity contribution in [3.63, 3.8) is 0 Å². The molecule has 0 aliphatic carbocycles. The Bertz CT molecular complexity index is 697. The van der Waals surface area contributed by atoms with Crippen LogP contribution in [0.1, 0.15) is 18.5 Å². The monoisotopic (exact) mass is 284 g/mol. The van der Waals surface area contributed by atoms with Crippen LogP contribution >= 0.6 is 0 Å². The Labute approximate surface area is 123 Å². The van der Waals surface area contributed by atoms with Gasteiger partial charge in [0.05, 0.1) is 11.0 Å². The summed E-state index contributed by atoms with van der Waals surface area (Å²) in [6.45, 7) is 3.88. The third-order valence-corrected chi connectivity index (χ3v) is 4.72. The molecule has 1 aromatic carbocycles. The highest BCUT2D eigenvalue weighted by Gasteiger charge is 2.34. The van der Waals surface area contributed by atoms with Gasteiger partial charge in [0.2, 0.25) is 0 Å². The number of benzene rings is 1. The van der Waals surface area contributed by atoms with E-state index in [0.717, 1.165) is 36.6 Å². The predicted octanol–water partition coefficient (Wildman–Crippen LogP) is 1.11. The van der Waals surface area contributed by atoms with E-state index in [2.05, 4.69) is 20.2 Å². The number of aromatic nitrogens is 2. The summed E-state index contributed by atoms with van der Waals surface area (Å²) >= 11 is 0. The molecule has 2 atom stereocenters. The van der Waals surface area contributed by atoms with E-state index in [1.54, 1.807) is 0 Å². The maximum atomic E-state index is 12.2. The lowest BCUT2D eigenvalue weighted by Gasteiger charge is -2.24. The van der Waals surface area contributed by atoms with Crippen molar-refractivity contribution in [2.24, 2.45) is 5.92 Å². The van der Waals surface area contributed by atoms with E-state index in [1.165, 1.54) is 12.8 Å². The minimum absolute atomic E-state index is 0.0588. The first-order chi connectivity index (χ1) is 10.3. The molecule has 0 amide bonds. The van der Waals surface area contributed by atoms with Gasteiger partial charge in [-0.15, -0.1) is 0 Å². The lowest BCUT2D eigenvalue weighted by atomic mass is 9.94. The molecule has 3 heterocycles. The minimum atomic E-state index is -0.0588. The zero-order valence-electron chi connectivity index (χ0n) is 12.0. The summed E-state index contributed by atoms with van der Waals surface area (Å²) in [6, 6.07) is 8.29. The van der Waals surface area contributed by atoms with E-state index in [-0.39, 0.29) is 5.56 Å². The fourth-order valence-electron chi connectivity index (χ4n) is 3.65. The van der Waals surface area contributed by atoms with Crippen molar-refractivity contribution in [1.29, 1.82) is 0 Å². The lowest BCUT2D eigenvalue weighted by molar-refractivity contribution is 0.308. The average Bonchev–Trinajstić information content (AvgIpc) is 2.90. The number of para-hydroxylation sites is 2. The third-order valence-electron chi connectivity index (χ3n) is 4.72. The zero-order valence-corrected chi connectivity index (χ0v) is 12.0. The van der Waals surface area contributed by atoms with Crippen LogP contribution in [0.3, 0.4) is 0 Å². The molecule has 5 nitrogen and oxygen atoms in total. The molecule has 2 aromatic rings. The molecule has 0 saturated carbocycles. The average molecular weight is 284 g/mol. The molecule has 4 rings (SSSR count). The Morgan fingerprint density at radius 1 is 1.29 bits per heavy atom. The molecule has 2 unspecified atom stereocenters. The van der Waals surface area contributed by atoms with Crippen LogP contribution in [0.15, 0.2) is 29.1 Å². The van der Waals surface area contributed by atoms with Gasteiger partial charge in [-0.05, 0) is 37.4 Å². The van der Waals surface area contributed by atoms with Crippen molar-refractivity contribution in [2.45, 2.75) is 25.4 Å². The van der Waals surface area contributed by atoms with Gasteiger partial charge < -0.3 is 10.3 Å². The molecule has 1 aromatic heterocycles. The van der Waals surface area contributed by atoms with Gasteiger partial charge in [0.15, 0.2) is 0 Å². The van der Waals surface area contributed by atoms with Crippen molar-refractivity contribution in [3.8, 4) is 0 Å². The largest absolute Gasteiger partial charge is 0.319 e. The Morgan fingerprint density at radius 2 is 2.19 bits per heavy atom. The van der Waals surface area contributed by atoms with E-state index < -0.39 is 0 Å². The maximum Gasteiger partial charge on any atom is 0.271 e. The number of nitrogens with one attached hydrogen (secondary N) is 2. The van der Waals surface area contributed by atoms with E-state index in [4.69, 9.17) is 0 Å². The molecule has 0 spiro atoms. The predicted molar refractivity (Wildman–Crippen MR) is 82.2 cm³/mol. The van der Waals surface area contributed by atoms with Crippen molar-refractivity contribution >= 4 is 11.0 Å². The fraction of sp³-hybridized carbons (Fsp3) is 0.500. The van der Waals surface area contributed by atoms with Gasteiger partial charge in [0.25, 0.3) is 5.56 Å². The second-order valence-electron chi connectivity index (χ2n) is 6.19. The van der Waals surface area contributed by atoms with Crippen LogP contribution in [0, 0.1) is 5.92 Å². The molecular weight excluding hydrogens is 264 g/mol. The van der Waals surface area contributed by atoms with Crippen molar-refractivity contribution in [3.05, 3.63) is 40.3 Å². The van der Waals surface area contributed by atoms with E-state index in [9.17, 15) is 4.79 Å². The Balaban J connectivity index is 1.57. The van der Waals surface area contributed by atoms with Crippen LogP contribution < -0.4 is 10.9 Å². The Kier molecular flexibility index (Phi) is 3.24. The fourth-order valence-corrected chi connectivity index (χ4v) is 3.65. The topological polar surface area (TPSA) is 61.0 Å². The van der Waals surface area contributed by atoms with Gasteiger partial charge in [0.1, 0.15) is 5.69 Å². The molecule has 110 valence electrons. The highest BCUT2D eigenvalue weighted by atomic mass is 16.1. The van der Waals surface area contributed by atoms with Crippen molar-refractivity contribution in [2.75, 3.05) is 19.6 Å². The Morgan fingerprint density at radius 3 is 3.10 bits per heavy atom. The number of H-pyrrole nitrogens is 1. The van der Waals surface area contributed by atoms with Crippen LogP contribution in [0.2, 0.25) is 0 Å². The highest BCUT2D eigenvalue weighted by Crippen LogP contribution is 2.25. The number of nitrogens with zero attached hydrogens (tertiary/aromatic N) is 2. The first-order valence-corrected chi connectivity index (χ1v) is 7.73. The second kappa shape index (κ2) is 5.24. The number of aromatic amines is 1. The van der Waals surface area contributed by atoms with Crippen LogP contribution in [-0.2, 0) is 6.54 Å². The molecule has 2 N–H and O–H groups in total. The molecule has 0 bridgehead atoms. The number of fused-ring (bicyclic) bond motifs is 2. The lowest BCUT2D eigenvalue weighted by Crippen LogP contribution is -2.40. The number of hydrogen-bond donors (Lipinski definition) is 2. The highest BCUT2D eigenvalue weighted by molar-refractivity contribution is 5.73. The Hall–Kier alpha value is -1.72. The van der Waals surface area contributed by atoms with E-state index in [1.807, 2.05) is 24.3 Å². The van der Waals surface area contributed by atoms with Crippen LogP contribution in [0.25, 0.3) is 11.0 Å². The zero-order chi connectivity index (χ0) is 14.2. The molecule has 2 aliphatic heterocycles. The molecule has 2 fully saturated rings. The van der Waals surface area contributed by atoms with Crippen molar-refractivity contribution in [1.82, 2.24) is 20.2 Å². The molecule has 2 saturated heterocycles. The number of rotatable bonds is 2. The quantitative estimate of drug-likeness (QED) is 0.867. The maximum absolute atomic E-state index is 12.2. The van der Waals surface area contributed by atoms with Crippen molar-refractivity contribution < 1.29 is 0 Å². The van der Waals surface area contributed by atoms with Crippen LogP contribution in [0.5, 0.6) is 0 Å². The van der Waals surface area contributed by atoms with Crippen LogP contribution in [-0.4, -0.2) is 40.5 Å². The molecular formula is C16H20N4O. The SMILES string of the molecule is O=c1[nH]c2ccccc2nc1CN1CC2CCCNC2C1. The second-order valence-corrected chi connectivity index (χ2v) is 6.19. The summed E-state index contributed by atoms with van der Waals surface area (Å²) in [5.74, 6) is 0.735. The summed E-state index contributed by atoms with van der Waals surface area (Å²) in [6.07, 6.45) is 2.57. The van der Waals surface area contributed by atoms with E-state index >= 15 is 0 Å². The molecule has 0 radical (unpaired) electrons. The summed E-state index contributed by atoms with van der Waals surface area (Å²) in [4.78, 5) is 22.0. The van der Waals surface area contributed by atoms with Gasteiger partial charge in [-0.1, -0.05) is 12.1 Å². The summed E-state index contributed by atoms with van der Waals surface area (Å²) in [5.41, 5.74) is 2.24. The third kappa shape index (κ3) is 2.47. The number of piperidine rings is 1. The minimum Gasteiger partial charge on any atom is -0.319 e. The van der Waals surface area contributed by atoms with Gasteiger partial charge >= 0.3 is 0 Å². The normalized spacial score (nSPS) is 26.1. The molecule has 2 aliphatic rings. The number of hydrogen-bond acceptors (Lipinski definition) is 4. The van der Waals surface area contributed by atoms with Gasteiger partial charge in [-0.2, -0.15) is 0 Å². The molecule has 5 heteroatoms. The summed E-state index contributed by atoms with van der Waals surface area (Å²) < 4.78 is 0. The number of likely N-dealkylation sites (tertiary alicyclic amines) is 1. The first kappa shape index (κ1) is 13.0. The van der Waals surface area contributed by atoms with Gasteiger partial charge in [-0.25, -0.2) is 4.98 Å². The standard InChI is InChI=1S/C16H20N4O/c21-16-15(18-12-5-1-2-6-13(12)19-16)10-20-8-11-4-3-7-17-14(11)9-20/h1-2,5-6,11,14,17H,3-4,7-10H2,(H,19,21). The summed E-state index contributed by atoms with van der Waals surface area (Å²) in [5, 5.41) is 3.59. The smallest absolute Gasteiger partial charge is 0.271 e.